The van der Waals surface area contributed by atoms with Gasteiger partial charge < -0.3 is 9.72 Å². The number of ether oxygens (including phenoxy) is 1. The Morgan fingerprint density at radius 1 is 1.36 bits per heavy atom. The van der Waals surface area contributed by atoms with Gasteiger partial charge in [-0.2, -0.15) is 0 Å². The van der Waals surface area contributed by atoms with Gasteiger partial charge in [0, 0.05) is 11.8 Å². The zero-order chi connectivity index (χ0) is 8.91. The Kier molecular flexibility index (Phi) is 4.96. The van der Waals surface area contributed by atoms with Crippen molar-refractivity contribution in [1.82, 2.24) is 4.98 Å². The van der Waals surface area contributed by atoms with Gasteiger partial charge in [0.1, 0.15) is 9.68 Å². The molecule has 11 heavy (non-hydrogen) atoms. The average molecular weight is 175 g/mol. The van der Waals surface area contributed by atoms with Gasteiger partial charge in [0.05, 0.1) is 6.10 Å². The molecule has 2 nitrogen and oxygen atoms in total. The molecule has 0 aromatic carbocycles. The fraction of sp³-hybridized carbons (Fsp3) is 1.00. The van der Waals surface area contributed by atoms with Gasteiger partial charge in [0.2, 0.25) is 0 Å². The maximum absolute atomic E-state index is 5.44. The van der Waals surface area contributed by atoms with Crippen LogP contribution in [0, 0.1) is 0 Å². The summed E-state index contributed by atoms with van der Waals surface area (Å²) >= 11 is 0. The van der Waals surface area contributed by atoms with Crippen molar-refractivity contribution in [3.63, 3.8) is 0 Å². The molecule has 3 heteroatoms. The van der Waals surface area contributed by atoms with Gasteiger partial charge in [-0.3, -0.25) is 0 Å². The van der Waals surface area contributed by atoms with Crippen LogP contribution < -0.4 is 4.98 Å². The monoisotopic (exact) mass is 175 g/mol. The van der Waals surface area contributed by atoms with E-state index in [1.807, 2.05) is 0 Å². The van der Waals surface area contributed by atoms with Crippen LogP contribution in [0.25, 0.3) is 0 Å². The van der Waals surface area contributed by atoms with Crippen LogP contribution in [0.2, 0.25) is 0 Å². The highest BCUT2D eigenvalue weighted by Crippen LogP contribution is 1.96. The second kappa shape index (κ2) is 4.90. The predicted molar refractivity (Wildman–Crippen MR) is 52.5 cm³/mol. The summed E-state index contributed by atoms with van der Waals surface area (Å²) in [5.41, 5.74) is 0.270. The van der Waals surface area contributed by atoms with Crippen molar-refractivity contribution >= 4 is 9.68 Å². The Bertz CT molecular complexity index is 98.8. The average Bonchev–Trinajstić information content (AvgIpc) is 1.78. The lowest BCUT2D eigenvalue weighted by Crippen LogP contribution is -2.40. The van der Waals surface area contributed by atoms with E-state index in [1.54, 1.807) is 0 Å². The van der Waals surface area contributed by atoms with Crippen LogP contribution in [-0.2, 0) is 4.74 Å². The zero-order valence-corrected chi connectivity index (χ0v) is 9.81. The van der Waals surface area contributed by atoms with E-state index >= 15 is 0 Å². The molecule has 0 amide bonds. The van der Waals surface area contributed by atoms with Crippen molar-refractivity contribution in [1.29, 1.82) is 0 Å². The number of nitrogens with one attached hydrogen (secondary N) is 1. The van der Waals surface area contributed by atoms with Crippen LogP contribution >= 0.6 is 0 Å². The van der Waals surface area contributed by atoms with Gasteiger partial charge in [-0.05, 0) is 34.6 Å². The molecular weight excluding hydrogens is 154 g/mol. The van der Waals surface area contributed by atoms with Crippen molar-refractivity contribution < 1.29 is 4.74 Å². The predicted octanol–water partition coefficient (Wildman–Crippen LogP) is 0.841. The molecule has 0 atom stereocenters. The van der Waals surface area contributed by atoms with Crippen LogP contribution in [0.1, 0.15) is 34.6 Å². The lowest BCUT2D eigenvalue weighted by Gasteiger charge is -2.20. The largest absolute Gasteiger partial charge is 0.381 e. The van der Waals surface area contributed by atoms with Crippen molar-refractivity contribution in [2.75, 3.05) is 6.23 Å². The fourth-order valence-electron chi connectivity index (χ4n) is 0.721. The van der Waals surface area contributed by atoms with Gasteiger partial charge >= 0.3 is 0 Å². The summed E-state index contributed by atoms with van der Waals surface area (Å²) in [6, 6.07) is 0. The van der Waals surface area contributed by atoms with Gasteiger partial charge in [0.25, 0.3) is 0 Å². The lowest BCUT2D eigenvalue weighted by molar-refractivity contribution is 0.114. The third-order valence-corrected chi connectivity index (χ3v) is 2.96. The molecule has 0 unspecified atom stereocenters. The first-order valence-corrected chi connectivity index (χ1v) is 5.99. The number of hydrogen-bond acceptors (Lipinski definition) is 2. The van der Waals surface area contributed by atoms with Gasteiger partial charge in [-0.25, -0.2) is 0 Å². The summed E-state index contributed by atoms with van der Waals surface area (Å²) in [5.74, 6) is 0. The molecule has 0 fully saturated rings. The van der Waals surface area contributed by atoms with Crippen molar-refractivity contribution in [3.8, 4) is 0 Å². The minimum atomic E-state index is -0.208. The Labute approximate surface area is 72.6 Å². The van der Waals surface area contributed by atoms with Crippen molar-refractivity contribution in [2.45, 2.75) is 46.3 Å². The second-order valence-corrected chi connectivity index (χ2v) is 5.36. The SMILES string of the molecule is CC(C)OC[SiH2]NC(C)(C)C. The molecule has 0 radical (unpaired) electrons. The van der Waals surface area contributed by atoms with E-state index in [-0.39, 0.29) is 15.2 Å². The van der Waals surface area contributed by atoms with Crippen LogP contribution in [0.5, 0.6) is 0 Å². The fourth-order valence-corrected chi connectivity index (χ4v) is 2.16. The smallest absolute Gasteiger partial charge is 0.121 e. The van der Waals surface area contributed by atoms with E-state index in [9.17, 15) is 0 Å². The van der Waals surface area contributed by atoms with Crippen LogP contribution in [-0.4, -0.2) is 27.6 Å². The van der Waals surface area contributed by atoms with E-state index in [0.717, 1.165) is 6.23 Å². The topological polar surface area (TPSA) is 21.3 Å². The maximum Gasteiger partial charge on any atom is 0.121 e. The summed E-state index contributed by atoms with van der Waals surface area (Å²) in [6.45, 7) is 10.7. The van der Waals surface area contributed by atoms with Gasteiger partial charge in [-0.1, -0.05) is 0 Å². The molecule has 1 N–H and O–H groups in total. The molecule has 0 rings (SSSR count). The highest BCUT2D eigenvalue weighted by Gasteiger charge is 2.07. The summed E-state index contributed by atoms with van der Waals surface area (Å²) in [5, 5.41) is 0. The third-order valence-electron chi connectivity index (χ3n) is 1.21. The molecule has 0 aromatic heterocycles. The van der Waals surface area contributed by atoms with Crippen molar-refractivity contribution in [3.05, 3.63) is 0 Å². The lowest BCUT2D eigenvalue weighted by atomic mass is 10.1. The Morgan fingerprint density at radius 3 is 2.27 bits per heavy atom. The standard InChI is InChI=1S/C8H21NOSi/c1-7(2)10-6-11-9-8(3,4)5/h7,9H,6,11H2,1-5H3. The van der Waals surface area contributed by atoms with E-state index in [0.29, 0.717) is 6.10 Å². The van der Waals surface area contributed by atoms with Gasteiger partial charge in [-0.15, -0.1) is 0 Å². The molecule has 0 aromatic rings. The highest BCUT2D eigenvalue weighted by atomic mass is 28.2. The Balaban J connectivity index is 3.15. The first kappa shape index (κ1) is 11.1. The molecular formula is C8H21NOSi. The van der Waals surface area contributed by atoms with Crippen LogP contribution in [0.3, 0.4) is 0 Å². The quantitative estimate of drug-likeness (QED) is 0.505. The summed E-state index contributed by atoms with van der Waals surface area (Å²) in [7, 11) is -0.208. The Morgan fingerprint density at radius 2 is 1.91 bits per heavy atom. The first-order chi connectivity index (χ1) is 4.92. The first-order valence-electron chi connectivity index (χ1n) is 4.28. The zero-order valence-electron chi connectivity index (χ0n) is 8.40. The molecule has 0 bridgehead atoms. The van der Waals surface area contributed by atoms with Crippen LogP contribution in [0.4, 0.5) is 0 Å². The Hall–Kier alpha value is 0.137. The molecule has 0 heterocycles. The molecule has 0 aliphatic carbocycles. The van der Waals surface area contributed by atoms with Gasteiger partial charge in [0.15, 0.2) is 0 Å². The molecule has 68 valence electrons. The highest BCUT2D eigenvalue weighted by molar-refractivity contribution is 6.32. The normalized spacial score (nSPS) is 13.6. The molecule has 0 saturated carbocycles. The van der Waals surface area contributed by atoms with E-state index in [1.165, 1.54) is 0 Å². The van der Waals surface area contributed by atoms with Crippen molar-refractivity contribution in [2.24, 2.45) is 0 Å². The summed E-state index contributed by atoms with van der Waals surface area (Å²) in [4.78, 5) is 3.49. The van der Waals surface area contributed by atoms with Crippen LogP contribution in [0.15, 0.2) is 0 Å². The number of hydrogen-bond donors (Lipinski definition) is 1. The second-order valence-electron chi connectivity index (χ2n) is 4.10. The van der Waals surface area contributed by atoms with E-state index in [4.69, 9.17) is 4.74 Å². The molecule has 0 aliphatic rings. The molecule has 0 aliphatic heterocycles. The summed E-state index contributed by atoms with van der Waals surface area (Å²) in [6.07, 6.45) is 1.32. The number of rotatable bonds is 4. The maximum atomic E-state index is 5.44. The summed E-state index contributed by atoms with van der Waals surface area (Å²) < 4.78 is 5.44. The van der Waals surface area contributed by atoms with E-state index in [2.05, 4.69) is 39.6 Å². The molecule has 0 spiro atoms. The van der Waals surface area contributed by atoms with E-state index < -0.39 is 0 Å². The third kappa shape index (κ3) is 10.1. The minimum absolute atomic E-state index is 0.208. The minimum Gasteiger partial charge on any atom is -0.381 e. The molecule has 0 saturated heterocycles.